The van der Waals surface area contributed by atoms with Crippen LogP contribution in [0.1, 0.15) is 26.2 Å². The third kappa shape index (κ3) is 5.13. The van der Waals surface area contributed by atoms with E-state index >= 15 is 0 Å². The van der Waals surface area contributed by atoms with E-state index in [1.54, 1.807) is 6.92 Å². The number of nitrogens with two attached hydrogens (primary N) is 1. The van der Waals surface area contributed by atoms with Crippen molar-refractivity contribution in [1.29, 1.82) is 0 Å². The van der Waals surface area contributed by atoms with E-state index in [2.05, 4.69) is 5.32 Å². The molecule has 0 saturated carbocycles. The molecule has 1 atom stereocenters. The zero-order valence-corrected chi connectivity index (χ0v) is 7.95. The number of amides is 2. The van der Waals surface area contributed by atoms with Crippen molar-refractivity contribution in [2.75, 3.05) is 0 Å². The van der Waals surface area contributed by atoms with Crippen LogP contribution in [0.4, 0.5) is 0 Å². The van der Waals surface area contributed by atoms with E-state index in [1.807, 2.05) is 0 Å². The normalized spacial score (nSPS) is 11.8. The standard InChI is InChI=1S/C8H14N2O4/c1-2-3-7(12)10-5(8(13)14)4-6(9)11/h5H,2-4H2,1H3,(H2,9,11)(H,10,12)(H,13,14)/t5-/m0/s1. The van der Waals surface area contributed by atoms with Crippen molar-refractivity contribution in [3.8, 4) is 0 Å². The quantitative estimate of drug-likeness (QED) is 0.525. The van der Waals surface area contributed by atoms with Crippen molar-refractivity contribution >= 4 is 17.8 Å². The monoisotopic (exact) mass is 202 g/mol. The lowest BCUT2D eigenvalue weighted by Crippen LogP contribution is -2.43. The number of aliphatic carboxylic acids is 1. The van der Waals surface area contributed by atoms with Gasteiger partial charge in [-0.2, -0.15) is 0 Å². The van der Waals surface area contributed by atoms with Crippen LogP contribution in [-0.4, -0.2) is 28.9 Å². The van der Waals surface area contributed by atoms with Gasteiger partial charge in [0.1, 0.15) is 6.04 Å². The lowest BCUT2D eigenvalue weighted by molar-refractivity contribution is -0.143. The van der Waals surface area contributed by atoms with Gasteiger partial charge in [0.15, 0.2) is 0 Å². The van der Waals surface area contributed by atoms with Crippen molar-refractivity contribution in [3.05, 3.63) is 0 Å². The lowest BCUT2D eigenvalue weighted by Gasteiger charge is -2.11. The van der Waals surface area contributed by atoms with Crippen LogP contribution in [0, 0.1) is 0 Å². The van der Waals surface area contributed by atoms with Gasteiger partial charge in [0.25, 0.3) is 0 Å². The Bertz CT molecular complexity index is 239. The molecule has 0 fully saturated rings. The summed E-state index contributed by atoms with van der Waals surface area (Å²) in [5.74, 6) is -2.40. The SMILES string of the molecule is CCCC(=O)N[C@@H](CC(N)=O)C(=O)O. The van der Waals surface area contributed by atoms with Gasteiger partial charge in [-0.3, -0.25) is 9.59 Å². The first-order chi connectivity index (χ1) is 6.47. The fourth-order valence-electron chi connectivity index (χ4n) is 0.895. The average molecular weight is 202 g/mol. The van der Waals surface area contributed by atoms with Gasteiger partial charge in [-0.1, -0.05) is 6.92 Å². The van der Waals surface area contributed by atoms with E-state index in [-0.39, 0.29) is 18.7 Å². The Morgan fingerprint density at radius 3 is 2.36 bits per heavy atom. The van der Waals surface area contributed by atoms with Crippen molar-refractivity contribution in [1.82, 2.24) is 5.32 Å². The number of carbonyl (C=O) groups excluding carboxylic acids is 2. The molecule has 0 unspecified atom stereocenters. The fourth-order valence-corrected chi connectivity index (χ4v) is 0.895. The van der Waals surface area contributed by atoms with Gasteiger partial charge in [-0.25, -0.2) is 4.79 Å². The number of hydrogen-bond acceptors (Lipinski definition) is 3. The maximum absolute atomic E-state index is 11.0. The summed E-state index contributed by atoms with van der Waals surface area (Å²) in [6.45, 7) is 1.80. The van der Waals surface area contributed by atoms with Crippen LogP contribution in [-0.2, 0) is 14.4 Å². The summed E-state index contributed by atoms with van der Waals surface area (Å²) < 4.78 is 0. The topological polar surface area (TPSA) is 109 Å². The summed E-state index contributed by atoms with van der Waals surface area (Å²) >= 11 is 0. The number of hydrogen-bond donors (Lipinski definition) is 3. The lowest BCUT2D eigenvalue weighted by atomic mass is 10.2. The van der Waals surface area contributed by atoms with Gasteiger partial charge in [0.2, 0.25) is 11.8 Å². The first-order valence-corrected chi connectivity index (χ1v) is 4.27. The molecule has 2 amide bonds. The van der Waals surface area contributed by atoms with Crippen LogP contribution >= 0.6 is 0 Å². The van der Waals surface area contributed by atoms with Gasteiger partial charge in [-0.05, 0) is 6.42 Å². The predicted octanol–water partition coefficient (Wildman–Crippen LogP) is -0.769. The summed E-state index contributed by atoms with van der Waals surface area (Å²) in [4.78, 5) is 32.0. The summed E-state index contributed by atoms with van der Waals surface area (Å²) in [6, 6.07) is -1.22. The molecule has 0 bridgehead atoms. The minimum absolute atomic E-state index is 0.239. The van der Waals surface area contributed by atoms with Crippen LogP contribution in [0.25, 0.3) is 0 Å². The van der Waals surface area contributed by atoms with E-state index < -0.39 is 17.9 Å². The average Bonchev–Trinajstić information content (AvgIpc) is 2.02. The van der Waals surface area contributed by atoms with Gasteiger partial charge >= 0.3 is 5.97 Å². The van der Waals surface area contributed by atoms with Gasteiger partial charge in [-0.15, -0.1) is 0 Å². The zero-order chi connectivity index (χ0) is 11.1. The molecule has 0 radical (unpaired) electrons. The van der Waals surface area contributed by atoms with Crippen molar-refractivity contribution in [2.24, 2.45) is 5.73 Å². The highest BCUT2D eigenvalue weighted by molar-refractivity contribution is 5.88. The fraction of sp³-hybridized carbons (Fsp3) is 0.625. The van der Waals surface area contributed by atoms with E-state index in [9.17, 15) is 14.4 Å². The molecule has 0 aromatic carbocycles. The Hall–Kier alpha value is -1.59. The van der Waals surface area contributed by atoms with Crippen molar-refractivity contribution < 1.29 is 19.5 Å². The molecule has 0 saturated heterocycles. The number of rotatable bonds is 6. The molecule has 80 valence electrons. The number of nitrogens with one attached hydrogen (secondary N) is 1. The molecule has 14 heavy (non-hydrogen) atoms. The van der Waals surface area contributed by atoms with Crippen LogP contribution in [0.15, 0.2) is 0 Å². The van der Waals surface area contributed by atoms with Crippen LogP contribution in [0.2, 0.25) is 0 Å². The van der Waals surface area contributed by atoms with Gasteiger partial charge in [0, 0.05) is 6.42 Å². The van der Waals surface area contributed by atoms with Crippen molar-refractivity contribution in [2.45, 2.75) is 32.2 Å². The molecule has 0 heterocycles. The molecule has 6 heteroatoms. The Balaban J connectivity index is 4.16. The summed E-state index contributed by atoms with van der Waals surface area (Å²) in [5.41, 5.74) is 4.83. The third-order valence-electron chi connectivity index (χ3n) is 1.52. The number of primary amides is 1. The predicted molar refractivity (Wildman–Crippen MR) is 48.3 cm³/mol. The largest absolute Gasteiger partial charge is 0.480 e. The Labute approximate surface area is 81.5 Å². The van der Waals surface area contributed by atoms with Gasteiger partial charge < -0.3 is 16.2 Å². The number of carboxylic acids is 1. The second-order valence-electron chi connectivity index (χ2n) is 2.88. The molecular weight excluding hydrogens is 188 g/mol. The highest BCUT2D eigenvalue weighted by atomic mass is 16.4. The molecule has 0 rings (SSSR count). The highest BCUT2D eigenvalue weighted by Crippen LogP contribution is 1.94. The first-order valence-electron chi connectivity index (χ1n) is 4.27. The van der Waals surface area contributed by atoms with Gasteiger partial charge in [0.05, 0.1) is 6.42 Å². The zero-order valence-electron chi connectivity index (χ0n) is 7.95. The second kappa shape index (κ2) is 5.95. The number of carbonyl (C=O) groups is 3. The van der Waals surface area contributed by atoms with Crippen LogP contribution in [0.3, 0.4) is 0 Å². The molecule has 6 nitrogen and oxygen atoms in total. The van der Waals surface area contributed by atoms with Crippen LogP contribution in [0.5, 0.6) is 0 Å². The first kappa shape index (κ1) is 12.4. The minimum Gasteiger partial charge on any atom is -0.480 e. The smallest absolute Gasteiger partial charge is 0.326 e. The van der Waals surface area contributed by atoms with Crippen LogP contribution < -0.4 is 11.1 Å². The van der Waals surface area contributed by atoms with Crippen molar-refractivity contribution in [3.63, 3.8) is 0 Å². The molecule has 0 aliphatic heterocycles. The highest BCUT2D eigenvalue weighted by Gasteiger charge is 2.21. The van der Waals surface area contributed by atoms with E-state index in [0.717, 1.165) is 0 Å². The second-order valence-corrected chi connectivity index (χ2v) is 2.88. The summed E-state index contributed by atoms with van der Waals surface area (Å²) in [6.07, 6.45) is 0.474. The Morgan fingerprint density at radius 1 is 1.43 bits per heavy atom. The summed E-state index contributed by atoms with van der Waals surface area (Å²) in [5, 5.41) is 10.8. The molecular formula is C8H14N2O4. The molecule has 0 aliphatic rings. The molecule has 0 aromatic rings. The maximum Gasteiger partial charge on any atom is 0.326 e. The molecule has 0 aliphatic carbocycles. The van der Waals surface area contributed by atoms with E-state index in [0.29, 0.717) is 6.42 Å². The summed E-state index contributed by atoms with van der Waals surface area (Å²) in [7, 11) is 0. The molecule has 4 N–H and O–H groups in total. The minimum atomic E-state index is -1.26. The Kier molecular flexibility index (Phi) is 5.28. The molecule has 0 spiro atoms. The number of carboxylic acid groups (broad SMARTS) is 1. The van der Waals surface area contributed by atoms with E-state index in [4.69, 9.17) is 10.8 Å². The van der Waals surface area contributed by atoms with E-state index in [1.165, 1.54) is 0 Å². The Morgan fingerprint density at radius 2 is 2.00 bits per heavy atom. The maximum atomic E-state index is 11.0. The molecule has 0 aromatic heterocycles. The third-order valence-corrected chi connectivity index (χ3v) is 1.52.